The minimum Gasteiger partial charge on any atom is -0.369 e. The van der Waals surface area contributed by atoms with Crippen LogP contribution >= 0.6 is 0 Å². The number of urea groups is 1. The third-order valence-corrected chi connectivity index (χ3v) is 4.05. The van der Waals surface area contributed by atoms with Crippen molar-refractivity contribution in [2.75, 3.05) is 19.6 Å². The first-order valence-corrected chi connectivity index (χ1v) is 8.38. The quantitative estimate of drug-likeness (QED) is 0.925. The Bertz CT molecular complexity index is 553. The van der Waals surface area contributed by atoms with Gasteiger partial charge in [0.15, 0.2) is 0 Å². The Morgan fingerprint density at radius 2 is 2.22 bits per heavy atom. The molecule has 2 heterocycles. The molecule has 2 atom stereocenters. The van der Waals surface area contributed by atoms with Crippen molar-refractivity contribution in [3.63, 3.8) is 0 Å². The highest BCUT2D eigenvalue weighted by Gasteiger charge is 2.33. The van der Waals surface area contributed by atoms with Crippen molar-refractivity contribution in [1.82, 2.24) is 20.0 Å². The first kappa shape index (κ1) is 17.8. The Labute approximate surface area is 139 Å². The molecular formula is C17H30N4O2. The van der Waals surface area contributed by atoms with Crippen molar-refractivity contribution in [1.29, 1.82) is 0 Å². The molecule has 1 aromatic heterocycles. The van der Waals surface area contributed by atoms with Gasteiger partial charge in [0.25, 0.3) is 0 Å². The van der Waals surface area contributed by atoms with Gasteiger partial charge < -0.3 is 15.0 Å². The number of nitrogens with one attached hydrogen (secondary N) is 1. The Kier molecular flexibility index (Phi) is 5.34. The SMILES string of the molecule is Cc1cc(C)n(C[C@@H](C)CNC(=O)N2C[C@@H](C)OC(C)(C)C2)n1. The van der Waals surface area contributed by atoms with Crippen molar-refractivity contribution in [3.05, 3.63) is 17.5 Å². The van der Waals surface area contributed by atoms with E-state index in [2.05, 4.69) is 30.3 Å². The van der Waals surface area contributed by atoms with Crippen LogP contribution in [0.3, 0.4) is 0 Å². The van der Waals surface area contributed by atoms with E-state index in [9.17, 15) is 4.79 Å². The van der Waals surface area contributed by atoms with Crippen LogP contribution in [0.2, 0.25) is 0 Å². The number of hydrogen-bond donors (Lipinski definition) is 1. The molecule has 1 aromatic rings. The molecule has 130 valence electrons. The fraction of sp³-hybridized carbons (Fsp3) is 0.765. The first-order valence-electron chi connectivity index (χ1n) is 8.38. The third kappa shape index (κ3) is 4.96. The van der Waals surface area contributed by atoms with Gasteiger partial charge in [0.2, 0.25) is 0 Å². The molecule has 6 nitrogen and oxygen atoms in total. The minimum absolute atomic E-state index is 0.00607. The van der Waals surface area contributed by atoms with Crippen LogP contribution in [0.15, 0.2) is 6.07 Å². The molecule has 0 spiro atoms. The summed E-state index contributed by atoms with van der Waals surface area (Å²) in [6.07, 6.45) is 0.0663. The number of rotatable bonds is 4. The zero-order chi connectivity index (χ0) is 17.2. The van der Waals surface area contributed by atoms with E-state index < -0.39 is 0 Å². The zero-order valence-corrected chi connectivity index (χ0v) is 15.2. The summed E-state index contributed by atoms with van der Waals surface area (Å²) in [5.74, 6) is 0.323. The lowest BCUT2D eigenvalue weighted by atomic mass is 10.1. The molecule has 0 unspecified atom stereocenters. The van der Waals surface area contributed by atoms with Crippen LogP contribution in [0, 0.1) is 19.8 Å². The smallest absolute Gasteiger partial charge is 0.317 e. The average molecular weight is 322 g/mol. The first-order chi connectivity index (χ1) is 10.7. The molecule has 0 aliphatic carbocycles. The molecular weight excluding hydrogens is 292 g/mol. The standard InChI is InChI=1S/C17H30N4O2/c1-12(9-21-14(3)7-13(2)19-21)8-18-16(22)20-10-15(4)23-17(5,6)11-20/h7,12,15H,8-11H2,1-6H3,(H,18,22)/t12-,15+/m0/s1. The molecule has 0 saturated carbocycles. The van der Waals surface area contributed by atoms with Gasteiger partial charge in [-0.05, 0) is 46.6 Å². The van der Waals surface area contributed by atoms with Gasteiger partial charge in [-0.25, -0.2) is 4.79 Å². The Morgan fingerprint density at radius 1 is 1.52 bits per heavy atom. The van der Waals surface area contributed by atoms with Crippen LogP contribution in [0.1, 0.15) is 39.1 Å². The van der Waals surface area contributed by atoms with Gasteiger partial charge in [0, 0.05) is 25.3 Å². The highest BCUT2D eigenvalue weighted by atomic mass is 16.5. The van der Waals surface area contributed by atoms with E-state index in [1.54, 1.807) is 0 Å². The van der Waals surface area contributed by atoms with Gasteiger partial charge in [-0.2, -0.15) is 5.10 Å². The van der Waals surface area contributed by atoms with Crippen molar-refractivity contribution in [2.45, 2.75) is 59.8 Å². The van der Waals surface area contributed by atoms with Gasteiger partial charge in [0.05, 0.1) is 23.9 Å². The zero-order valence-electron chi connectivity index (χ0n) is 15.2. The molecule has 1 saturated heterocycles. The lowest BCUT2D eigenvalue weighted by molar-refractivity contribution is -0.117. The molecule has 0 radical (unpaired) electrons. The van der Waals surface area contributed by atoms with Crippen LogP contribution in [-0.4, -0.2) is 52.1 Å². The van der Waals surface area contributed by atoms with E-state index >= 15 is 0 Å². The maximum absolute atomic E-state index is 12.4. The summed E-state index contributed by atoms with van der Waals surface area (Å²) in [4.78, 5) is 14.2. The number of hydrogen-bond acceptors (Lipinski definition) is 3. The topological polar surface area (TPSA) is 59.4 Å². The molecule has 0 aromatic carbocycles. The summed E-state index contributed by atoms with van der Waals surface area (Å²) in [6.45, 7) is 14.9. The summed E-state index contributed by atoms with van der Waals surface area (Å²) in [7, 11) is 0. The monoisotopic (exact) mass is 322 g/mol. The number of carbonyl (C=O) groups is 1. The minimum atomic E-state index is -0.287. The predicted octanol–water partition coefficient (Wildman–Crippen LogP) is 2.34. The summed E-state index contributed by atoms with van der Waals surface area (Å²) in [6, 6.07) is 2.07. The molecule has 1 N–H and O–H groups in total. The van der Waals surface area contributed by atoms with Crippen molar-refractivity contribution < 1.29 is 9.53 Å². The molecule has 1 fully saturated rings. The highest BCUT2D eigenvalue weighted by molar-refractivity contribution is 5.74. The lowest BCUT2D eigenvalue weighted by Crippen LogP contribution is -2.56. The molecule has 1 aliphatic rings. The Balaban J connectivity index is 1.82. The fourth-order valence-electron chi connectivity index (χ4n) is 3.20. The number of carbonyl (C=O) groups excluding carboxylic acids is 1. The molecule has 23 heavy (non-hydrogen) atoms. The molecule has 2 amide bonds. The second kappa shape index (κ2) is 6.91. The lowest BCUT2D eigenvalue weighted by Gasteiger charge is -2.41. The largest absolute Gasteiger partial charge is 0.369 e. The summed E-state index contributed by atoms with van der Waals surface area (Å²) < 4.78 is 7.85. The predicted molar refractivity (Wildman–Crippen MR) is 90.5 cm³/mol. The van der Waals surface area contributed by atoms with Crippen molar-refractivity contribution in [3.8, 4) is 0 Å². The van der Waals surface area contributed by atoms with E-state index in [-0.39, 0.29) is 17.7 Å². The van der Waals surface area contributed by atoms with Gasteiger partial charge in [-0.3, -0.25) is 4.68 Å². The molecule has 0 bridgehead atoms. The normalized spacial score (nSPS) is 22.0. The van der Waals surface area contributed by atoms with Gasteiger partial charge in [-0.15, -0.1) is 0 Å². The number of aromatic nitrogens is 2. The number of amides is 2. The number of morpholine rings is 1. The van der Waals surface area contributed by atoms with E-state index in [0.29, 0.717) is 25.6 Å². The maximum Gasteiger partial charge on any atom is 0.317 e. The van der Waals surface area contributed by atoms with Crippen molar-refractivity contribution in [2.24, 2.45) is 5.92 Å². The third-order valence-electron chi connectivity index (χ3n) is 4.05. The maximum atomic E-state index is 12.4. The summed E-state index contributed by atoms with van der Waals surface area (Å²) in [5, 5.41) is 7.52. The van der Waals surface area contributed by atoms with E-state index in [1.165, 1.54) is 0 Å². The second-order valence-corrected chi connectivity index (χ2v) is 7.47. The van der Waals surface area contributed by atoms with Gasteiger partial charge in [0.1, 0.15) is 0 Å². The van der Waals surface area contributed by atoms with Crippen molar-refractivity contribution >= 4 is 6.03 Å². The van der Waals surface area contributed by atoms with E-state index in [4.69, 9.17) is 4.74 Å². The molecule has 6 heteroatoms. The van der Waals surface area contributed by atoms with Crippen LogP contribution in [0.5, 0.6) is 0 Å². The van der Waals surface area contributed by atoms with Gasteiger partial charge in [-0.1, -0.05) is 6.92 Å². The number of aryl methyl sites for hydroxylation is 2. The number of nitrogens with zero attached hydrogens (tertiary/aromatic N) is 3. The van der Waals surface area contributed by atoms with Crippen LogP contribution < -0.4 is 5.32 Å². The highest BCUT2D eigenvalue weighted by Crippen LogP contribution is 2.20. The average Bonchev–Trinajstić information content (AvgIpc) is 2.71. The Hall–Kier alpha value is -1.56. The van der Waals surface area contributed by atoms with Gasteiger partial charge >= 0.3 is 6.03 Å². The van der Waals surface area contributed by atoms with E-state index in [1.807, 2.05) is 37.3 Å². The van der Waals surface area contributed by atoms with Crippen LogP contribution in [-0.2, 0) is 11.3 Å². The van der Waals surface area contributed by atoms with Crippen LogP contribution in [0.25, 0.3) is 0 Å². The summed E-state index contributed by atoms with van der Waals surface area (Å²) >= 11 is 0. The van der Waals surface area contributed by atoms with Crippen LogP contribution in [0.4, 0.5) is 4.79 Å². The molecule has 2 rings (SSSR count). The van der Waals surface area contributed by atoms with E-state index in [0.717, 1.165) is 17.9 Å². The Morgan fingerprint density at radius 3 is 2.78 bits per heavy atom. The number of ether oxygens (including phenoxy) is 1. The summed E-state index contributed by atoms with van der Waals surface area (Å²) in [5.41, 5.74) is 1.90. The fourth-order valence-corrected chi connectivity index (χ4v) is 3.20. The molecule has 1 aliphatic heterocycles. The second-order valence-electron chi connectivity index (χ2n) is 7.47.